The van der Waals surface area contributed by atoms with Gasteiger partial charge in [0.2, 0.25) is 17.7 Å². The molecule has 0 aromatic heterocycles. The number of nitrogens with two attached hydrogens (primary N) is 1. The van der Waals surface area contributed by atoms with Gasteiger partial charge in [-0.2, -0.15) is 0 Å². The summed E-state index contributed by atoms with van der Waals surface area (Å²) in [4.78, 5) is 86.3. The van der Waals surface area contributed by atoms with Crippen LogP contribution in [0.1, 0.15) is 64.9 Å². The highest BCUT2D eigenvalue weighted by Crippen LogP contribution is 2.13. The third-order valence-electron chi connectivity index (χ3n) is 6.97. The van der Waals surface area contributed by atoms with Gasteiger partial charge < -0.3 is 37.1 Å². The molecule has 0 spiro atoms. The van der Waals surface area contributed by atoms with E-state index in [4.69, 9.17) is 10.5 Å². The number of carbonyl (C=O) groups excluding carboxylic acids is 7. The number of nitrogens with one attached hydrogen (secondary N) is 5. The monoisotopic (exact) mass is 643 g/mol. The van der Waals surface area contributed by atoms with E-state index in [0.29, 0.717) is 43.5 Å². The summed E-state index contributed by atoms with van der Waals surface area (Å²) in [6.07, 6.45) is 4.22. The lowest BCUT2D eigenvalue weighted by molar-refractivity contribution is -0.137. The van der Waals surface area contributed by atoms with Crippen LogP contribution in [0.3, 0.4) is 0 Å². The number of primary amides is 1. The van der Waals surface area contributed by atoms with Gasteiger partial charge in [0.05, 0.1) is 0 Å². The quantitative estimate of drug-likeness (QED) is 0.0955. The maximum absolute atomic E-state index is 13.3. The van der Waals surface area contributed by atoms with E-state index in [1.807, 2.05) is 0 Å². The number of benzene rings is 1. The minimum absolute atomic E-state index is 0.0479. The Morgan fingerprint density at radius 1 is 0.870 bits per heavy atom. The molecule has 1 aliphatic rings. The number of hydrogen-bond acceptors (Lipinski definition) is 8. The topological polar surface area (TPSA) is 218 Å². The molecule has 0 saturated heterocycles. The number of amides is 8. The number of carbonyl (C=O) groups is 7. The summed E-state index contributed by atoms with van der Waals surface area (Å²) in [6, 6.07) is 4.03. The zero-order valence-corrected chi connectivity index (χ0v) is 26.6. The van der Waals surface area contributed by atoms with Gasteiger partial charge in [-0.25, -0.2) is 9.59 Å². The Kier molecular flexibility index (Phi) is 15.7. The van der Waals surface area contributed by atoms with Crippen LogP contribution in [-0.4, -0.2) is 78.3 Å². The number of unbranched alkanes of at least 4 members (excludes halogenated alkanes) is 2. The second-order valence-corrected chi connectivity index (χ2v) is 11.0. The van der Waals surface area contributed by atoms with E-state index in [-0.39, 0.29) is 56.2 Å². The lowest BCUT2D eigenvalue weighted by Gasteiger charge is -2.25. The zero-order chi connectivity index (χ0) is 34.1. The van der Waals surface area contributed by atoms with Crippen LogP contribution >= 0.6 is 0 Å². The van der Waals surface area contributed by atoms with Crippen molar-refractivity contribution in [3.05, 3.63) is 42.0 Å². The first kappa shape index (κ1) is 37.2. The van der Waals surface area contributed by atoms with Crippen molar-refractivity contribution >= 4 is 47.3 Å². The molecule has 1 aromatic carbocycles. The maximum Gasteiger partial charge on any atom is 0.407 e. The van der Waals surface area contributed by atoms with Crippen molar-refractivity contribution in [2.75, 3.05) is 25.0 Å². The van der Waals surface area contributed by atoms with E-state index in [0.717, 1.165) is 4.90 Å². The molecule has 0 saturated carbocycles. The number of hydrogen-bond donors (Lipinski definition) is 6. The highest BCUT2D eigenvalue weighted by Gasteiger charge is 2.29. The Balaban J connectivity index is 1.94. The van der Waals surface area contributed by atoms with Crippen LogP contribution in [-0.2, 0) is 35.3 Å². The van der Waals surface area contributed by atoms with Crippen LogP contribution < -0.4 is 32.3 Å². The minimum atomic E-state index is -0.994. The lowest BCUT2D eigenvalue weighted by atomic mass is 10.0. The number of rotatable bonds is 19. The number of imide groups is 1. The lowest BCUT2D eigenvalue weighted by Crippen LogP contribution is -2.54. The fraction of sp³-hybridized carbons (Fsp3) is 0.516. The van der Waals surface area contributed by atoms with Crippen molar-refractivity contribution < 1.29 is 38.3 Å². The molecular formula is C31H45N7O8. The molecule has 15 nitrogen and oxygen atoms in total. The first-order valence-electron chi connectivity index (χ1n) is 15.4. The number of urea groups is 1. The Bertz CT molecular complexity index is 1250. The van der Waals surface area contributed by atoms with Crippen LogP contribution in [0, 0.1) is 5.92 Å². The predicted molar refractivity (Wildman–Crippen MR) is 169 cm³/mol. The fourth-order valence-electron chi connectivity index (χ4n) is 4.47. The van der Waals surface area contributed by atoms with E-state index in [1.54, 1.807) is 45.0 Å². The van der Waals surface area contributed by atoms with Gasteiger partial charge in [0.25, 0.3) is 11.8 Å². The van der Waals surface area contributed by atoms with Crippen molar-refractivity contribution in [2.24, 2.45) is 11.7 Å². The molecule has 252 valence electrons. The normalized spacial score (nSPS) is 13.6. The molecule has 46 heavy (non-hydrogen) atoms. The Morgan fingerprint density at radius 3 is 2.15 bits per heavy atom. The summed E-state index contributed by atoms with van der Waals surface area (Å²) in [5, 5.41) is 13.2. The molecule has 0 bridgehead atoms. The van der Waals surface area contributed by atoms with E-state index in [1.165, 1.54) is 12.2 Å². The highest BCUT2D eigenvalue weighted by atomic mass is 16.5. The Morgan fingerprint density at radius 2 is 1.54 bits per heavy atom. The maximum atomic E-state index is 13.3. The molecule has 7 N–H and O–H groups in total. The number of ether oxygens (including phenoxy) is 1. The van der Waals surface area contributed by atoms with E-state index < -0.39 is 36.0 Å². The van der Waals surface area contributed by atoms with Crippen molar-refractivity contribution in [1.82, 2.24) is 26.2 Å². The SMILES string of the molecule is CCNC(=O)OCc1ccc(NC(=O)[C@H](CCCNC(N)=O)NC(=O)[C@@H](NC(=O)CCCCCN2C(=O)C=CC2=O)C(C)C)cc1. The molecule has 0 unspecified atom stereocenters. The predicted octanol–water partition coefficient (Wildman–Crippen LogP) is 1.43. The van der Waals surface area contributed by atoms with E-state index in [2.05, 4.69) is 26.6 Å². The van der Waals surface area contributed by atoms with Gasteiger partial charge in [0, 0.05) is 43.9 Å². The second kappa shape index (κ2) is 19.4. The van der Waals surface area contributed by atoms with Crippen molar-refractivity contribution in [2.45, 2.75) is 78.0 Å². The summed E-state index contributed by atoms with van der Waals surface area (Å²) >= 11 is 0. The first-order chi connectivity index (χ1) is 21.9. The summed E-state index contributed by atoms with van der Waals surface area (Å²) in [5.74, 6) is -2.37. The second-order valence-electron chi connectivity index (χ2n) is 11.0. The average Bonchev–Trinajstić information content (AvgIpc) is 3.32. The molecule has 1 aliphatic heterocycles. The van der Waals surface area contributed by atoms with Crippen molar-refractivity contribution in [3.8, 4) is 0 Å². The largest absolute Gasteiger partial charge is 0.445 e. The van der Waals surface area contributed by atoms with Gasteiger partial charge in [-0.15, -0.1) is 0 Å². The molecule has 0 aliphatic carbocycles. The van der Waals surface area contributed by atoms with E-state index in [9.17, 15) is 33.6 Å². The van der Waals surface area contributed by atoms with Gasteiger partial charge >= 0.3 is 12.1 Å². The molecule has 15 heteroatoms. The molecule has 0 fully saturated rings. The van der Waals surface area contributed by atoms with Crippen LogP contribution in [0.4, 0.5) is 15.3 Å². The van der Waals surface area contributed by atoms with Crippen LogP contribution in [0.5, 0.6) is 0 Å². The van der Waals surface area contributed by atoms with Gasteiger partial charge in [0.1, 0.15) is 18.7 Å². The average molecular weight is 644 g/mol. The van der Waals surface area contributed by atoms with Crippen LogP contribution in [0.25, 0.3) is 0 Å². The number of alkyl carbamates (subject to hydrolysis) is 1. The van der Waals surface area contributed by atoms with Gasteiger partial charge in [-0.3, -0.25) is 28.9 Å². The molecule has 1 aromatic rings. The van der Waals surface area contributed by atoms with Gasteiger partial charge in [-0.05, 0) is 56.2 Å². The molecule has 1 heterocycles. The van der Waals surface area contributed by atoms with Crippen LogP contribution in [0.15, 0.2) is 36.4 Å². The summed E-state index contributed by atoms with van der Waals surface area (Å²) in [5.41, 5.74) is 6.28. The van der Waals surface area contributed by atoms with Gasteiger partial charge in [0.15, 0.2) is 0 Å². The van der Waals surface area contributed by atoms with Crippen LogP contribution in [0.2, 0.25) is 0 Å². The fourth-order valence-corrected chi connectivity index (χ4v) is 4.47. The third-order valence-corrected chi connectivity index (χ3v) is 6.97. The number of nitrogens with zero attached hydrogens (tertiary/aromatic N) is 1. The highest BCUT2D eigenvalue weighted by molar-refractivity contribution is 6.12. The van der Waals surface area contributed by atoms with Gasteiger partial charge in [-0.1, -0.05) is 32.4 Å². The summed E-state index contributed by atoms with van der Waals surface area (Å²) in [6.45, 7) is 6.27. The van der Waals surface area contributed by atoms with Crippen molar-refractivity contribution in [3.63, 3.8) is 0 Å². The Labute approximate surface area is 268 Å². The van der Waals surface area contributed by atoms with E-state index >= 15 is 0 Å². The third kappa shape index (κ3) is 13.4. The Hall–Kier alpha value is -4.95. The molecule has 8 amide bonds. The minimum Gasteiger partial charge on any atom is -0.445 e. The van der Waals surface area contributed by atoms with Crippen molar-refractivity contribution in [1.29, 1.82) is 0 Å². The smallest absolute Gasteiger partial charge is 0.407 e. The molecule has 2 rings (SSSR count). The standard InChI is InChI=1S/C31H45N7O8/c1-4-33-31(45)46-19-21-11-13-22(14-12-21)35-28(42)23(9-8-17-34-30(32)44)36-29(43)27(20(2)3)37-24(39)10-6-5-7-18-38-25(40)15-16-26(38)41/h11-16,20,23,27H,4-10,17-19H2,1-3H3,(H,33,45)(H,35,42)(H,36,43)(H,37,39)(H3,32,34,44)/t23-,27-/m0/s1. The number of anilines is 1. The summed E-state index contributed by atoms with van der Waals surface area (Å²) < 4.78 is 5.09. The zero-order valence-electron chi connectivity index (χ0n) is 26.6. The first-order valence-corrected chi connectivity index (χ1v) is 15.4. The molecular weight excluding hydrogens is 598 g/mol. The molecule has 2 atom stereocenters. The summed E-state index contributed by atoms with van der Waals surface area (Å²) in [7, 11) is 0. The molecule has 0 radical (unpaired) electrons.